The molecule has 1 atom stereocenters. The summed E-state index contributed by atoms with van der Waals surface area (Å²) in [4.78, 5) is 32.3. The Kier molecular flexibility index (Phi) is 5.44. The van der Waals surface area contributed by atoms with Crippen LogP contribution in [0.5, 0.6) is 0 Å². The van der Waals surface area contributed by atoms with Gasteiger partial charge < -0.3 is 10.3 Å². The van der Waals surface area contributed by atoms with Crippen molar-refractivity contribution in [2.45, 2.75) is 23.2 Å². The number of H-pyrrole nitrogens is 1. The highest BCUT2D eigenvalue weighted by molar-refractivity contribution is 7.98. The highest BCUT2D eigenvalue weighted by Gasteiger charge is 2.31. The summed E-state index contributed by atoms with van der Waals surface area (Å²) < 4.78 is 0. The number of nitrogens with zero attached hydrogens (tertiary/aromatic N) is 1. The van der Waals surface area contributed by atoms with Crippen molar-refractivity contribution in [2.75, 3.05) is 5.32 Å². The van der Waals surface area contributed by atoms with Gasteiger partial charge in [0, 0.05) is 28.1 Å². The Labute approximate surface area is 175 Å². The van der Waals surface area contributed by atoms with Crippen LogP contribution < -0.4 is 10.9 Å². The molecule has 3 aromatic rings. The number of fused-ring (bicyclic) bond motifs is 1. The highest BCUT2D eigenvalue weighted by Crippen LogP contribution is 2.35. The number of hydrogen-bond donors (Lipinski definition) is 2. The van der Waals surface area contributed by atoms with Crippen molar-refractivity contribution in [2.24, 2.45) is 0 Å². The predicted molar refractivity (Wildman–Crippen MR) is 112 cm³/mol. The summed E-state index contributed by atoms with van der Waals surface area (Å²) >= 11 is 13.6. The molecule has 2 N–H and O–H groups in total. The second-order valence-corrected chi connectivity index (χ2v) is 8.18. The number of carbonyl (C=O) groups is 1. The van der Waals surface area contributed by atoms with Gasteiger partial charge in [-0.2, -0.15) is 0 Å². The molecule has 1 amide bonds. The fraction of sp³-hybridized carbons (Fsp3) is 0.150. The smallest absolute Gasteiger partial charge is 0.257 e. The second kappa shape index (κ2) is 7.99. The van der Waals surface area contributed by atoms with Crippen LogP contribution in [0.3, 0.4) is 0 Å². The normalized spacial score (nSPS) is 15.8. The average molecular weight is 432 g/mol. The number of halogens is 2. The van der Waals surface area contributed by atoms with E-state index >= 15 is 0 Å². The fourth-order valence-corrected chi connectivity index (χ4v) is 4.53. The summed E-state index contributed by atoms with van der Waals surface area (Å²) in [6, 6.07) is 14.7. The van der Waals surface area contributed by atoms with Crippen molar-refractivity contribution < 1.29 is 4.79 Å². The molecule has 2 aromatic carbocycles. The zero-order valence-corrected chi connectivity index (χ0v) is 16.9. The average Bonchev–Trinajstić information content (AvgIpc) is 2.66. The maximum Gasteiger partial charge on any atom is 0.257 e. The van der Waals surface area contributed by atoms with Gasteiger partial charge in [0.1, 0.15) is 5.82 Å². The number of carbonyl (C=O) groups excluding carboxylic acids is 1. The van der Waals surface area contributed by atoms with Crippen LogP contribution in [-0.2, 0) is 10.5 Å². The first-order valence-corrected chi connectivity index (χ1v) is 10.3. The summed E-state index contributed by atoms with van der Waals surface area (Å²) in [7, 11) is 0. The fourth-order valence-electron chi connectivity index (χ4n) is 3.19. The van der Waals surface area contributed by atoms with Crippen molar-refractivity contribution in [3.05, 3.63) is 85.6 Å². The summed E-state index contributed by atoms with van der Waals surface area (Å²) in [6.45, 7) is 0. The van der Waals surface area contributed by atoms with Crippen molar-refractivity contribution in [3.8, 4) is 0 Å². The van der Waals surface area contributed by atoms with Crippen molar-refractivity contribution in [3.63, 3.8) is 0 Å². The molecule has 28 heavy (non-hydrogen) atoms. The Hall–Kier alpha value is -2.28. The third-order valence-electron chi connectivity index (χ3n) is 4.50. The molecule has 0 saturated heterocycles. The molecule has 1 unspecified atom stereocenters. The number of anilines is 1. The van der Waals surface area contributed by atoms with E-state index in [9.17, 15) is 9.59 Å². The maximum absolute atomic E-state index is 12.8. The quantitative estimate of drug-likeness (QED) is 0.457. The molecule has 0 saturated carbocycles. The van der Waals surface area contributed by atoms with Crippen LogP contribution in [-0.4, -0.2) is 15.9 Å². The Morgan fingerprint density at radius 2 is 1.93 bits per heavy atom. The van der Waals surface area contributed by atoms with Gasteiger partial charge in [-0.1, -0.05) is 65.3 Å². The van der Waals surface area contributed by atoms with E-state index in [1.165, 1.54) is 11.8 Å². The molecular formula is C20H15Cl2N3O2S. The number of hydrogen-bond acceptors (Lipinski definition) is 4. The molecule has 0 fully saturated rings. The molecule has 1 aromatic heterocycles. The van der Waals surface area contributed by atoms with Crippen LogP contribution in [0.4, 0.5) is 5.82 Å². The van der Waals surface area contributed by atoms with E-state index in [2.05, 4.69) is 15.3 Å². The largest absolute Gasteiger partial charge is 0.310 e. The number of amides is 1. The number of thioether (sulfide) groups is 1. The number of rotatable bonds is 4. The zero-order valence-electron chi connectivity index (χ0n) is 14.5. The van der Waals surface area contributed by atoms with E-state index in [1.54, 1.807) is 18.2 Å². The van der Waals surface area contributed by atoms with E-state index < -0.39 is 0 Å². The van der Waals surface area contributed by atoms with Gasteiger partial charge >= 0.3 is 0 Å². The van der Waals surface area contributed by atoms with Gasteiger partial charge in [0.2, 0.25) is 5.91 Å². The molecule has 142 valence electrons. The van der Waals surface area contributed by atoms with Crippen LogP contribution in [0, 0.1) is 0 Å². The minimum absolute atomic E-state index is 0.171. The van der Waals surface area contributed by atoms with Crippen LogP contribution in [0.1, 0.15) is 29.0 Å². The summed E-state index contributed by atoms with van der Waals surface area (Å²) in [6.07, 6.45) is 0.171. The number of benzene rings is 2. The topological polar surface area (TPSA) is 74.8 Å². The molecule has 0 radical (unpaired) electrons. The maximum atomic E-state index is 12.8. The van der Waals surface area contributed by atoms with Crippen LogP contribution in [0.15, 0.2) is 58.5 Å². The number of aromatic nitrogens is 2. The van der Waals surface area contributed by atoms with Gasteiger partial charge in [-0.3, -0.25) is 9.59 Å². The molecule has 1 aliphatic heterocycles. The molecule has 0 bridgehead atoms. The Balaban J connectivity index is 1.67. The van der Waals surface area contributed by atoms with Crippen molar-refractivity contribution in [1.82, 2.24) is 9.97 Å². The molecule has 1 aliphatic rings. The van der Waals surface area contributed by atoms with E-state index in [0.29, 0.717) is 32.3 Å². The second-order valence-electron chi connectivity index (χ2n) is 6.37. The molecule has 5 nitrogen and oxygen atoms in total. The molecule has 0 spiro atoms. The van der Waals surface area contributed by atoms with Gasteiger partial charge in [-0.25, -0.2) is 4.98 Å². The predicted octanol–water partition coefficient (Wildman–Crippen LogP) is 4.84. The lowest BCUT2D eigenvalue weighted by atomic mass is 9.87. The Morgan fingerprint density at radius 1 is 1.11 bits per heavy atom. The summed E-state index contributed by atoms with van der Waals surface area (Å²) in [5.74, 6) is 0.276. The van der Waals surface area contributed by atoms with E-state index in [1.807, 2.05) is 30.3 Å². The lowest BCUT2D eigenvalue weighted by Crippen LogP contribution is -2.31. The molecule has 8 heteroatoms. The lowest BCUT2D eigenvalue weighted by Gasteiger charge is -2.24. The lowest BCUT2D eigenvalue weighted by molar-refractivity contribution is -0.116. The van der Waals surface area contributed by atoms with Gasteiger partial charge in [0.05, 0.1) is 5.56 Å². The summed E-state index contributed by atoms with van der Waals surface area (Å²) in [5, 5.41) is 4.36. The minimum Gasteiger partial charge on any atom is -0.310 e. The zero-order chi connectivity index (χ0) is 19.7. The number of aromatic amines is 1. The van der Waals surface area contributed by atoms with Crippen LogP contribution in [0.25, 0.3) is 0 Å². The molecular weight excluding hydrogens is 417 g/mol. The molecule has 4 rings (SSSR count). The van der Waals surface area contributed by atoms with E-state index in [0.717, 1.165) is 11.1 Å². The first kappa shape index (κ1) is 19.1. The SMILES string of the molecule is O=C1CC(c2cccc(Cl)c2)c2c(nc(SCc3ccccc3Cl)[nH]c2=O)N1. The van der Waals surface area contributed by atoms with Gasteiger partial charge in [0.25, 0.3) is 5.56 Å². The van der Waals surface area contributed by atoms with Crippen molar-refractivity contribution >= 4 is 46.7 Å². The third kappa shape index (κ3) is 3.94. The Morgan fingerprint density at radius 3 is 2.71 bits per heavy atom. The minimum atomic E-state index is -0.388. The highest BCUT2D eigenvalue weighted by atomic mass is 35.5. The third-order valence-corrected chi connectivity index (χ3v) is 6.03. The van der Waals surface area contributed by atoms with E-state index in [4.69, 9.17) is 23.2 Å². The van der Waals surface area contributed by atoms with Crippen molar-refractivity contribution in [1.29, 1.82) is 0 Å². The first-order valence-electron chi connectivity index (χ1n) is 8.57. The van der Waals surface area contributed by atoms with Gasteiger partial charge in [-0.05, 0) is 29.3 Å². The molecule has 2 heterocycles. The Bertz CT molecular complexity index is 1120. The van der Waals surface area contributed by atoms with E-state index in [-0.39, 0.29) is 23.8 Å². The number of nitrogens with one attached hydrogen (secondary N) is 2. The van der Waals surface area contributed by atoms with Gasteiger partial charge in [0.15, 0.2) is 5.16 Å². The molecule has 0 aliphatic carbocycles. The monoisotopic (exact) mass is 431 g/mol. The summed E-state index contributed by atoms with van der Waals surface area (Å²) in [5.41, 5.74) is 1.93. The first-order chi connectivity index (χ1) is 13.5. The standard InChI is InChI=1S/C20H15Cl2N3O2S/c21-13-6-3-5-11(8-13)14-9-16(26)23-18-17(14)19(27)25-20(24-18)28-10-12-4-1-2-7-15(12)22/h1-8,14H,9-10H2,(H2,23,24,25,26,27). The van der Waals surface area contributed by atoms with Crippen LogP contribution >= 0.6 is 35.0 Å². The van der Waals surface area contributed by atoms with Crippen LogP contribution in [0.2, 0.25) is 10.0 Å². The van der Waals surface area contributed by atoms with Gasteiger partial charge in [-0.15, -0.1) is 0 Å².